The monoisotopic (exact) mass is 435 g/mol. The number of nitrogens with zero attached hydrogens (tertiary/aromatic N) is 2. The molecule has 0 spiro atoms. The van der Waals surface area contributed by atoms with Gasteiger partial charge in [-0.2, -0.15) is 5.10 Å². The van der Waals surface area contributed by atoms with Gasteiger partial charge in [0.15, 0.2) is 0 Å². The molecule has 0 bridgehead atoms. The van der Waals surface area contributed by atoms with Crippen LogP contribution in [0.2, 0.25) is 0 Å². The molecule has 3 rings (SSSR count). The summed E-state index contributed by atoms with van der Waals surface area (Å²) in [7, 11) is 1.65. The van der Waals surface area contributed by atoms with Gasteiger partial charge < -0.3 is 4.74 Å². The maximum absolute atomic E-state index is 5.13. The molecule has 6 heteroatoms. The average molecular weight is 435 g/mol. The Kier molecular flexibility index (Phi) is 5.24. The van der Waals surface area contributed by atoms with Crippen molar-refractivity contribution >= 4 is 45.3 Å². The minimum absolute atomic E-state index is 0.767. The quantitative estimate of drug-likeness (QED) is 0.354. The molecule has 0 saturated carbocycles. The number of hydrazone groups is 1. The van der Waals surface area contributed by atoms with Gasteiger partial charge in [-0.25, -0.2) is 4.98 Å². The summed E-state index contributed by atoms with van der Waals surface area (Å²) in [5.74, 6) is 0.831. The van der Waals surface area contributed by atoms with Gasteiger partial charge in [-0.1, -0.05) is 12.1 Å². The molecule has 1 aromatic heterocycles. The van der Waals surface area contributed by atoms with Gasteiger partial charge in [0.2, 0.25) is 5.13 Å². The van der Waals surface area contributed by atoms with E-state index in [1.807, 2.05) is 29.6 Å². The van der Waals surface area contributed by atoms with Gasteiger partial charge in [0.05, 0.1) is 19.0 Å². The van der Waals surface area contributed by atoms with Crippen LogP contribution in [-0.4, -0.2) is 18.3 Å². The molecule has 1 N–H and O–H groups in total. The zero-order valence-electron chi connectivity index (χ0n) is 12.4. The number of benzene rings is 2. The molecular weight excluding hydrogens is 421 g/mol. The highest BCUT2D eigenvalue weighted by molar-refractivity contribution is 14.1. The van der Waals surface area contributed by atoms with E-state index >= 15 is 0 Å². The third-order valence-corrected chi connectivity index (χ3v) is 4.60. The number of nitrogens with one attached hydrogen (secondary N) is 1. The summed E-state index contributed by atoms with van der Waals surface area (Å²) in [5.41, 5.74) is 6.02. The normalized spacial score (nSPS) is 10.9. The zero-order chi connectivity index (χ0) is 16.1. The molecule has 2 aromatic carbocycles. The lowest BCUT2D eigenvalue weighted by Gasteiger charge is -1.99. The summed E-state index contributed by atoms with van der Waals surface area (Å²) in [6.07, 6.45) is 1.76. The molecule has 1 heterocycles. The smallest absolute Gasteiger partial charge is 0.203 e. The largest absolute Gasteiger partial charge is 0.497 e. The maximum Gasteiger partial charge on any atom is 0.203 e. The van der Waals surface area contributed by atoms with Crippen molar-refractivity contribution in [2.24, 2.45) is 5.10 Å². The topological polar surface area (TPSA) is 46.5 Å². The first-order valence-corrected chi connectivity index (χ1v) is 8.85. The van der Waals surface area contributed by atoms with E-state index in [4.69, 9.17) is 4.74 Å². The Balaban J connectivity index is 1.64. The maximum atomic E-state index is 5.13. The zero-order valence-corrected chi connectivity index (χ0v) is 15.3. The molecular formula is C17H14IN3OS. The van der Waals surface area contributed by atoms with Crippen molar-refractivity contribution in [3.05, 3.63) is 63.0 Å². The highest BCUT2D eigenvalue weighted by Crippen LogP contribution is 2.25. The van der Waals surface area contributed by atoms with Crippen LogP contribution in [0.3, 0.4) is 0 Å². The molecule has 0 amide bonds. The van der Waals surface area contributed by atoms with Crippen LogP contribution in [0.5, 0.6) is 5.75 Å². The molecule has 4 nitrogen and oxygen atoms in total. The highest BCUT2D eigenvalue weighted by atomic mass is 127. The number of ether oxygens (including phenoxy) is 1. The molecule has 23 heavy (non-hydrogen) atoms. The number of rotatable bonds is 5. The third-order valence-electron chi connectivity index (χ3n) is 3.13. The first kappa shape index (κ1) is 15.9. The average Bonchev–Trinajstić information content (AvgIpc) is 3.05. The summed E-state index contributed by atoms with van der Waals surface area (Å²) in [6, 6.07) is 16.0. The predicted molar refractivity (Wildman–Crippen MR) is 104 cm³/mol. The van der Waals surface area contributed by atoms with E-state index in [-0.39, 0.29) is 0 Å². The van der Waals surface area contributed by atoms with Crippen molar-refractivity contribution in [2.45, 2.75) is 0 Å². The summed E-state index contributed by atoms with van der Waals surface area (Å²) in [6.45, 7) is 0. The SMILES string of the molecule is COc1ccc(/C=N\Nc2nc(-c3ccc(I)cc3)cs2)cc1. The molecule has 0 atom stereocenters. The van der Waals surface area contributed by atoms with Crippen molar-refractivity contribution < 1.29 is 4.74 Å². The molecule has 0 unspecified atom stereocenters. The van der Waals surface area contributed by atoms with Crippen molar-refractivity contribution in [2.75, 3.05) is 12.5 Å². The summed E-state index contributed by atoms with van der Waals surface area (Å²) < 4.78 is 6.34. The molecule has 0 aliphatic carbocycles. The lowest BCUT2D eigenvalue weighted by atomic mass is 10.2. The van der Waals surface area contributed by atoms with Crippen LogP contribution in [0, 0.1) is 3.57 Å². The molecule has 0 aliphatic heterocycles. The number of hydrogen-bond acceptors (Lipinski definition) is 5. The van der Waals surface area contributed by atoms with E-state index in [1.54, 1.807) is 13.3 Å². The number of thiazole rings is 1. The Hall–Kier alpha value is -1.93. The molecule has 3 aromatic rings. The second kappa shape index (κ2) is 7.56. The van der Waals surface area contributed by atoms with Gasteiger partial charge in [-0.05, 0) is 64.6 Å². The Labute approximate surface area is 152 Å². The van der Waals surface area contributed by atoms with Crippen LogP contribution in [0.25, 0.3) is 11.3 Å². The van der Waals surface area contributed by atoms with E-state index in [1.165, 1.54) is 14.9 Å². The van der Waals surface area contributed by atoms with Crippen LogP contribution >= 0.6 is 33.9 Å². The highest BCUT2D eigenvalue weighted by Gasteiger charge is 2.03. The van der Waals surface area contributed by atoms with Crippen molar-refractivity contribution in [3.8, 4) is 17.0 Å². The van der Waals surface area contributed by atoms with E-state index in [0.717, 1.165) is 27.7 Å². The lowest BCUT2D eigenvalue weighted by molar-refractivity contribution is 0.415. The van der Waals surface area contributed by atoms with E-state index < -0.39 is 0 Å². The van der Waals surface area contributed by atoms with Crippen LogP contribution in [0.4, 0.5) is 5.13 Å². The molecule has 116 valence electrons. The summed E-state index contributed by atoms with van der Waals surface area (Å²) in [5, 5.41) is 7.01. The third kappa shape index (κ3) is 4.29. The fraction of sp³-hybridized carbons (Fsp3) is 0.0588. The molecule has 0 aliphatic rings. The molecule has 0 fully saturated rings. The second-order valence-electron chi connectivity index (χ2n) is 4.69. The number of halogens is 1. The van der Waals surface area contributed by atoms with E-state index in [2.05, 4.69) is 62.4 Å². The van der Waals surface area contributed by atoms with Crippen LogP contribution < -0.4 is 10.2 Å². The number of aromatic nitrogens is 1. The van der Waals surface area contributed by atoms with Gasteiger partial charge in [0, 0.05) is 14.5 Å². The Morgan fingerprint density at radius 2 is 1.87 bits per heavy atom. The Morgan fingerprint density at radius 1 is 1.13 bits per heavy atom. The summed E-state index contributed by atoms with van der Waals surface area (Å²) >= 11 is 3.82. The lowest BCUT2D eigenvalue weighted by Crippen LogP contribution is -1.90. The fourth-order valence-corrected chi connectivity index (χ4v) is 2.96. The predicted octanol–water partition coefficient (Wildman–Crippen LogP) is 4.87. The van der Waals surface area contributed by atoms with Crippen LogP contribution in [0.1, 0.15) is 5.56 Å². The minimum Gasteiger partial charge on any atom is -0.497 e. The fourth-order valence-electron chi connectivity index (χ4n) is 1.93. The Bertz CT molecular complexity index is 797. The molecule has 0 radical (unpaired) electrons. The number of hydrogen-bond donors (Lipinski definition) is 1. The van der Waals surface area contributed by atoms with Crippen LogP contribution in [0.15, 0.2) is 59.0 Å². The van der Waals surface area contributed by atoms with Crippen molar-refractivity contribution in [1.29, 1.82) is 0 Å². The van der Waals surface area contributed by atoms with Gasteiger partial charge in [-0.3, -0.25) is 5.43 Å². The van der Waals surface area contributed by atoms with Crippen molar-refractivity contribution in [3.63, 3.8) is 0 Å². The van der Waals surface area contributed by atoms with E-state index in [9.17, 15) is 0 Å². The first-order valence-electron chi connectivity index (χ1n) is 6.89. The van der Waals surface area contributed by atoms with Gasteiger partial charge in [-0.15, -0.1) is 11.3 Å². The van der Waals surface area contributed by atoms with E-state index in [0.29, 0.717) is 0 Å². The standard InChI is InChI=1S/C17H14IN3OS/c1-22-15-8-2-12(3-9-15)10-19-21-17-20-16(11-23-17)13-4-6-14(18)7-5-13/h2-11H,1H3,(H,20,21)/b19-10-. The second-order valence-corrected chi connectivity index (χ2v) is 6.79. The summed E-state index contributed by atoms with van der Waals surface area (Å²) in [4.78, 5) is 4.54. The van der Waals surface area contributed by atoms with Crippen molar-refractivity contribution in [1.82, 2.24) is 4.98 Å². The van der Waals surface area contributed by atoms with Gasteiger partial charge in [0.25, 0.3) is 0 Å². The van der Waals surface area contributed by atoms with Gasteiger partial charge >= 0.3 is 0 Å². The minimum atomic E-state index is 0.767. The van der Waals surface area contributed by atoms with Crippen LogP contribution in [-0.2, 0) is 0 Å². The first-order chi connectivity index (χ1) is 11.2. The number of methoxy groups -OCH3 is 1. The molecule has 0 saturated heterocycles. The number of anilines is 1. The van der Waals surface area contributed by atoms with Gasteiger partial charge in [0.1, 0.15) is 5.75 Å². The Morgan fingerprint density at radius 3 is 2.57 bits per heavy atom.